The van der Waals surface area contributed by atoms with E-state index in [0.29, 0.717) is 6.61 Å². The van der Waals surface area contributed by atoms with Gasteiger partial charge in [-0.1, -0.05) is 122 Å². The summed E-state index contributed by atoms with van der Waals surface area (Å²) in [4.78, 5) is 0. The highest BCUT2D eigenvalue weighted by Gasteiger charge is 2.49. The number of ether oxygens (including phenoxy) is 3. The van der Waals surface area contributed by atoms with Crippen LogP contribution in [-0.4, -0.2) is 56.2 Å². The second-order valence-electron chi connectivity index (χ2n) is 15.3. The number of benzene rings is 1. The third-order valence-electron chi connectivity index (χ3n) is 10.5. The molecule has 0 aromatic heterocycles. The van der Waals surface area contributed by atoms with Crippen LogP contribution in [0.2, 0.25) is 18.1 Å². The maximum absolute atomic E-state index is 11.3. The van der Waals surface area contributed by atoms with E-state index >= 15 is 0 Å². The summed E-state index contributed by atoms with van der Waals surface area (Å²) >= 11 is 0. The number of hydrogen-bond donors (Lipinski definition) is 1. The normalized spacial score (nSPS) is 25.4. The molecule has 0 saturated carbocycles. The van der Waals surface area contributed by atoms with Gasteiger partial charge in [-0.2, -0.15) is 0 Å². The molecule has 2 aliphatic heterocycles. The number of aliphatic hydroxyl groups excluding tert-OH is 1. The molecule has 2 aliphatic rings. The van der Waals surface area contributed by atoms with Gasteiger partial charge in [0, 0.05) is 6.42 Å². The minimum atomic E-state index is -2.04. The lowest BCUT2D eigenvalue weighted by Gasteiger charge is -2.40. The minimum absolute atomic E-state index is 0.0138. The summed E-state index contributed by atoms with van der Waals surface area (Å²) in [6.07, 6.45) is 19.1. The standard InChI is InChI=1S/C39H68O5Si/c1-8-10-12-14-15-16-17-22-26-33(41-30-31-23-19-18-20-24-31)34-27-28-35(42-34)36-29-37(44-45(6,7)39(3,4)5)38(43-36)32(40)25-21-13-11-9-2/h9,18-20,23-24,32-38,40H,2,8,10-17,21-22,25-30H2,1,3-7H3/t32-,33-,34-,35-,36-,37-,38+/m1/s1. The first-order valence-electron chi connectivity index (χ1n) is 18.5. The molecule has 0 unspecified atom stereocenters. The third-order valence-corrected chi connectivity index (χ3v) is 15.0. The van der Waals surface area contributed by atoms with Gasteiger partial charge in [-0.15, -0.1) is 6.58 Å². The monoisotopic (exact) mass is 644 g/mol. The number of aliphatic hydroxyl groups is 1. The fourth-order valence-corrected chi connectivity index (χ4v) is 7.97. The van der Waals surface area contributed by atoms with Crippen molar-refractivity contribution in [3.8, 4) is 0 Å². The largest absolute Gasteiger partial charge is 0.411 e. The molecule has 0 amide bonds. The van der Waals surface area contributed by atoms with Crippen molar-refractivity contribution in [2.45, 2.75) is 198 Å². The first-order valence-corrected chi connectivity index (χ1v) is 21.4. The van der Waals surface area contributed by atoms with Crippen molar-refractivity contribution in [1.82, 2.24) is 0 Å². The van der Waals surface area contributed by atoms with E-state index < -0.39 is 14.4 Å². The molecule has 5 nitrogen and oxygen atoms in total. The van der Waals surface area contributed by atoms with E-state index in [9.17, 15) is 5.11 Å². The van der Waals surface area contributed by atoms with Crippen LogP contribution in [0.1, 0.15) is 136 Å². The minimum Gasteiger partial charge on any atom is -0.411 e. The van der Waals surface area contributed by atoms with Crippen molar-refractivity contribution in [3.05, 3.63) is 48.6 Å². The van der Waals surface area contributed by atoms with Crippen LogP contribution in [0.5, 0.6) is 0 Å². The Balaban J connectivity index is 1.61. The number of allylic oxidation sites excluding steroid dienone is 1. The fraction of sp³-hybridized carbons (Fsp3) is 0.795. The van der Waals surface area contributed by atoms with E-state index in [1.165, 1.54) is 56.9 Å². The molecule has 2 saturated heterocycles. The summed E-state index contributed by atoms with van der Waals surface area (Å²) < 4.78 is 27.1. The van der Waals surface area contributed by atoms with Crippen LogP contribution in [0.15, 0.2) is 43.0 Å². The van der Waals surface area contributed by atoms with Gasteiger partial charge in [0.15, 0.2) is 8.32 Å². The molecular formula is C39H68O5Si. The van der Waals surface area contributed by atoms with E-state index in [-0.39, 0.29) is 41.7 Å². The summed E-state index contributed by atoms with van der Waals surface area (Å²) in [5, 5.41) is 11.4. The Hall–Kier alpha value is -1.02. The lowest BCUT2D eigenvalue weighted by atomic mass is 9.99. The zero-order valence-electron chi connectivity index (χ0n) is 29.8. The molecule has 7 atom stereocenters. The SMILES string of the molecule is C=CCCCC[C@@H](O)[C@@H]1O[C@@H]([C@H]2CC[C@H]([C@@H](CCCCCCCCCC)OCc3ccccc3)O2)C[C@H]1O[Si](C)(C)C(C)(C)C. The fourth-order valence-electron chi connectivity index (χ4n) is 6.63. The molecular weight excluding hydrogens is 577 g/mol. The van der Waals surface area contributed by atoms with E-state index in [0.717, 1.165) is 51.4 Å². The molecule has 0 radical (unpaired) electrons. The van der Waals surface area contributed by atoms with Gasteiger partial charge in [-0.05, 0) is 62.2 Å². The van der Waals surface area contributed by atoms with Gasteiger partial charge in [-0.3, -0.25) is 0 Å². The molecule has 6 heteroatoms. The quantitative estimate of drug-likeness (QED) is 0.0773. The Kier molecular flexibility index (Phi) is 16.8. The average Bonchev–Trinajstić information content (AvgIpc) is 3.66. The molecule has 1 N–H and O–H groups in total. The number of hydrogen-bond acceptors (Lipinski definition) is 5. The Morgan fingerprint density at radius 1 is 0.911 bits per heavy atom. The highest BCUT2D eigenvalue weighted by atomic mass is 28.4. The zero-order valence-corrected chi connectivity index (χ0v) is 30.8. The molecule has 258 valence electrons. The maximum atomic E-state index is 11.3. The van der Waals surface area contributed by atoms with Gasteiger partial charge in [0.05, 0.1) is 43.2 Å². The van der Waals surface area contributed by atoms with Crippen molar-refractivity contribution in [2.24, 2.45) is 0 Å². The maximum Gasteiger partial charge on any atom is 0.192 e. The molecule has 0 spiro atoms. The van der Waals surface area contributed by atoms with Crippen LogP contribution >= 0.6 is 0 Å². The summed E-state index contributed by atoms with van der Waals surface area (Å²) in [6, 6.07) is 10.5. The van der Waals surface area contributed by atoms with Crippen molar-refractivity contribution in [3.63, 3.8) is 0 Å². The molecule has 45 heavy (non-hydrogen) atoms. The molecule has 1 aromatic rings. The first-order chi connectivity index (χ1) is 21.6. The van der Waals surface area contributed by atoms with E-state index in [1.807, 2.05) is 6.08 Å². The van der Waals surface area contributed by atoms with E-state index in [4.69, 9.17) is 18.6 Å². The average molecular weight is 645 g/mol. The molecule has 1 aromatic carbocycles. The van der Waals surface area contributed by atoms with Gasteiger partial charge in [0.25, 0.3) is 0 Å². The topological polar surface area (TPSA) is 57.2 Å². The highest BCUT2D eigenvalue weighted by molar-refractivity contribution is 6.74. The van der Waals surface area contributed by atoms with Crippen LogP contribution in [0.4, 0.5) is 0 Å². The lowest BCUT2D eigenvalue weighted by Crippen LogP contribution is -2.48. The van der Waals surface area contributed by atoms with E-state index in [1.54, 1.807) is 0 Å². The first kappa shape index (κ1) is 38.4. The molecule has 2 heterocycles. The second-order valence-corrected chi connectivity index (χ2v) is 20.1. The Labute approximate surface area is 278 Å². The van der Waals surface area contributed by atoms with Crippen LogP contribution in [-0.2, 0) is 25.2 Å². The van der Waals surface area contributed by atoms with Gasteiger partial charge in [0.2, 0.25) is 0 Å². The molecule has 2 fully saturated rings. The lowest BCUT2D eigenvalue weighted by molar-refractivity contribution is -0.127. The highest BCUT2D eigenvalue weighted by Crippen LogP contribution is 2.42. The summed E-state index contributed by atoms with van der Waals surface area (Å²) in [6.45, 7) is 18.2. The predicted molar refractivity (Wildman–Crippen MR) is 190 cm³/mol. The van der Waals surface area contributed by atoms with Crippen molar-refractivity contribution >= 4 is 8.32 Å². The third kappa shape index (κ3) is 12.8. The Morgan fingerprint density at radius 3 is 2.24 bits per heavy atom. The van der Waals surface area contributed by atoms with Crippen molar-refractivity contribution < 1.29 is 23.7 Å². The molecule has 3 rings (SSSR count). The predicted octanol–water partition coefficient (Wildman–Crippen LogP) is 10.3. The number of rotatable bonds is 22. The van der Waals surface area contributed by atoms with Crippen LogP contribution in [0.3, 0.4) is 0 Å². The van der Waals surface area contributed by atoms with Crippen LogP contribution in [0.25, 0.3) is 0 Å². The smallest absolute Gasteiger partial charge is 0.192 e. The second kappa shape index (κ2) is 19.7. The van der Waals surface area contributed by atoms with Gasteiger partial charge >= 0.3 is 0 Å². The van der Waals surface area contributed by atoms with Crippen molar-refractivity contribution in [2.75, 3.05) is 0 Å². The number of unbranched alkanes of at least 4 members (excludes halogenated alkanes) is 9. The van der Waals surface area contributed by atoms with Gasteiger partial charge in [-0.25, -0.2) is 0 Å². The van der Waals surface area contributed by atoms with Crippen LogP contribution in [0, 0.1) is 0 Å². The summed E-state index contributed by atoms with van der Waals surface area (Å²) in [7, 11) is -2.04. The Bertz CT molecular complexity index is 931. The summed E-state index contributed by atoms with van der Waals surface area (Å²) in [5.41, 5.74) is 1.21. The van der Waals surface area contributed by atoms with Crippen molar-refractivity contribution in [1.29, 1.82) is 0 Å². The molecule has 0 aliphatic carbocycles. The van der Waals surface area contributed by atoms with Crippen LogP contribution < -0.4 is 0 Å². The molecule has 0 bridgehead atoms. The Morgan fingerprint density at radius 2 is 1.58 bits per heavy atom. The van der Waals surface area contributed by atoms with E-state index in [2.05, 4.69) is 77.7 Å². The zero-order chi connectivity index (χ0) is 32.7. The van der Waals surface area contributed by atoms with Gasteiger partial charge in [0.1, 0.15) is 6.10 Å². The van der Waals surface area contributed by atoms with Gasteiger partial charge < -0.3 is 23.7 Å². The summed E-state index contributed by atoms with van der Waals surface area (Å²) in [5.74, 6) is 0.